The van der Waals surface area contributed by atoms with Gasteiger partial charge in [0.25, 0.3) is 0 Å². The molecular weight excluding hydrogens is 186 g/mol. The molecule has 0 bridgehead atoms. The van der Waals surface area contributed by atoms with Gasteiger partial charge < -0.3 is 0 Å². The van der Waals surface area contributed by atoms with Gasteiger partial charge in [0.05, 0.1) is 11.4 Å². The second-order valence-electron chi connectivity index (χ2n) is 3.97. The monoisotopic (exact) mass is 201 g/mol. The summed E-state index contributed by atoms with van der Waals surface area (Å²) in [4.78, 5) is 3.99. The molecule has 3 nitrogen and oxygen atoms in total. The highest BCUT2D eigenvalue weighted by Crippen LogP contribution is 2.19. The van der Waals surface area contributed by atoms with E-state index in [1.54, 1.807) is 12.4 Å². The third-order valence-electron chi connectivity index (χ3n) is 2.49. The molecule has 0 amide bonds. The summed E-state index contributed by atoms with van der Waals surface area (Å²) in [5.41, 5.74) is 3.45. The van der Waals surface area contributed by atoms with Crippen LogP contribution in [0.2, 0.25) is 0 Å². The molecule has 0 N–H and O–H groups in total. The van der Waals surface area contributed by atoms with Gasteiger partial charge in [-0.2, -0.15) is 5.10 Å². The maximum atomic E-state index is 4.49. The molecular formula is C12H15N3. The summed E-state index contributed by atoms with van der Waals surface area (Å²) >= 11 is 0. The van der Waals surface area contributed by atoms with E-state index in [4.69, 9.17) is 0 Å². The van der Waals surface area contributed by atoms with Gasteiger partial charge in [0.1, 0.15) is 0 Å². The van der Waals surface area contributed by atoms with E-state index >= 15 is 0 Å². The molecule has 2 rings (SSSR count). The minimum absolute atomic E-state index is 0.514. The quantitative estimate of drug-likeness (QED) is 0.748. The van der Waals surface area contributed by atoms with E-state index in [9.17, 15) is 0 Å². The predicted molar refractivity (Wildman–Crippen MR) is 60.2 cm³/mol. The van der Waals surface area contributed by atoms with E-state index in [1.807, 2.05) is 23.7 Å². The molecule has 0 atom stereocenters. The first-order chi connectivity index (χ1) is 7.18. The van der Waals surface area contributed by atoms with Crippen LogP contribution in [0.5, 0.6) is 0 Å². The fourth-order valence-corrected chi connectivity index (χ4v) is 1.67. The number of rotatable bonds is 2. The van der Waals surface area contributed by atoms with Crippen molar-refractivity contribution in [2.75, 3.05) is 0 Å². The summed E-state index contributed by atoms with van der Waals surface area (Å²) < 4.78 is 1.91. The van der Waals surface area contributed by atoms with Gasteiger partial charge in [-0.05, 0) is 30.5 Å². The van der Waals surface area contributed by atoms with Crippen LogP contribution in [0.15, 0.2) is 30.7 Å². The molecule has 0 aliphatic carbocycles. The van der Waals surface area contributed by atoms with Crippen LogP contribution in [0.1, 0.15) is 31.0 Å². The van der Waals surface area contributed by atoms with Crippen molar-refractivity contribution >= 4 is 0 Å². The highest BCUT2D eigenvalue weighted by molar-refractivity contribution is 5.31. The first kappa shape index (κ1) is 9.90. The van der Waals surface area contributed by atoms with Crippen LogP contribution in [-0.2, 0) is 0 Å². The number of pyridine rings is 1. The van der Waals surface area contributed by atoms with Crippen molar-refractivity contribution in [3.63, 3.8) is 0 Å². The highest BCUT2D eigenvalue weighted by atomic mass is 15.3. The molecule has 0 saturated carbocycles. The second-order valence-corrected chi connectivity index (χ2v) is 3.97. The minimum atomic E-state index is 0.514. The third-order valence-corrected chi connectivity index (χ3v) is 2.49. The SMILES string of the molecule is Cc1nn(-c2ccncc2)cc1C(C)C. The first-order valence-electron chi connectivity index (χ1n) is 5.15. The van der Waals surface area contributed by atoms with Crippen LogP contribution in [0.4, 0.5) is 0 Å². The Morgan fingerprint density at radius 1 is 1.20 bits per heavy atom. The van der Waals surface area contributed by atoms with Crippen molar-refractivity contribution in [2.45, 2.75) is 26.7 Å². The van der Waals surface area contributed by atoms with Crippen LogP contribution < -0.4 is 0 Å². The Morgan fingerprint density at radius 3 is 2.40 bits per heavy atom. The molecule has 0 aliphatic heterocycles. The molecule has 2 heterocycles. The lowest BCUT2D eigenvalue weighted by atomic mass is 10.1. The minimum Gasteiger partial charge on any atom is -0.265 e. The lowest BCUT2D eigenvalue weighted by molar-refractivity contribution is 0.856. The van der Waals surface area contributed by atoms with Crippen molar-refractivity contribution in [3.8, 4) is 5.69 Å². The average Bonchev–Trinajstić information content (AvgIpc) is 2.62. The van der Waals surface area contributed by atoms with E-state index in [-0.39, 0.29) is 0 Å². The molecule has 0 radical (unpaired) electrons. The standard InChI is InChI=1S/C12H15N3/c1-9(2)12-8-15(14-10(12)3)11-4-6-13-7-5-11/h4-9H,1-3H3. The fourth-order valence-electron chi connectivity index (χ4n) is 1.67. The number of hydrogen-bond acceptors (Lipinski definition) is 2. The predicted octanol–water partition coefficient (Wildman–Crippen LogP) is 2.70. The van der Waals surface area contributed by atoms with Gasteiger partial charge in [-0.15, -0.1) is 0 Å². The van der Waals surface area contributed by atoms with Crippen LogP contribution >= 0.6 is 0 Å². The molecule has 0 aromatic carbocycles. The lowest BCUT2D eigenvalue weighted by Crippen LogP contribution is -1.94. The Hall–Kier alpha value is -1.64. The van der Waals surface area contributed by atoms with Gasteiger partial charge >= 0.3 is 0 Å². The van der Waals surface area contributed by atoms with Crippen LogP contribution in [-0.4, -0.2) is 14.8 Å². The zero-order chi connectivity index (χ0) is 10.8. The Morgan fingerprint density at radius 2 is 1.87 bits per heavy atom. The van der Waals surface area contributed by atoms with Crippen LogP contribution in [0.3, 0.4) is 0 Å². The molecule has 3 heteroatoms. The smallest absolute Gasteiger partial charge is 0.0676 e. The van der Waals surface area contributed by atoms with Gasteiger partial charge in [-0.25, -0.2) is 4.68 Å². The summed E-state index contributed by atoms with van der Waals surface area (Å²) in [6.07, 6.45) is 5.65. The normalized spacial score (nSPS) is 10.9. The summed E-state index contributed by atoms with van der Waals surface area (Å²) in [6, 6.07) is 3.91. The number of aromatic nitrogens is 3. The fraction of sp³-hybridized carbons (Fsp3) is 0.333. The first-order valence-corrected chi connectivity index (χ1v) is 5.15. The van der Waals surface area contributed by atoms with Crippen LogP contribution in [0.25, 0.3) is 5.69 Å². The van der Waals surface area contributed by atoms with E-state index in [0.717, 1.165) is 11.4 Å². The van der Waals surface area contributed by atoms with E-state index in [0.29, 0.717) is 5.92 Å². The Labute approximate surface area is 89.8 Å². The van der Waals surface area contributed by atoms with E-state index < -0.39 is 0 Å². The van der Waals surface area contributed by atoms with E-state index in [2.05, 4.69) is 30.1 Å². The zero-order valence-corrected chi connectivity index (χ0v) is 9.31. The molecule has 0 aliphatic rings. The molecule has 2 aromatic heterocycles. The molecule has 78 valence electrons. The Bertz CT molecular complexity index is 443. The molecule has 0 saturated heterocycles. The van der Waals surface area contributed by atoms with Gasteiger partial charge in [0, 0.05) is 18.6 Å². The summed E-state index contributed by atoms with van der Waals surface area (Å²) in [5, 5.41) is 4.49. The molecule has 15 heavy (non-hydrogen) atoms. The van der Waals surface area contributed by atoms with Crippen molar-refractivity contribution in [1.82, 2.24) is 14.8 Å². The second kappa shape index (κ2) is 3.85. The average molecular weight is 201 g/mol. The summed E-state index contributed by atoms with van der Waals surface area (Å²) in [6.45, 7) is 6.41. The maximum absolute atomic E-state index is 4.49. The van der Waals surface area contributed by atoms with Gasteiger partial charge in [0.2, 0.25) is 0 Å². The van der Waals surface area contributed by atoms with Crippen molar-refractivity contribution < 1.29 is 0 Å². The van der Waals surface area contributed by atoms with Crippen molar-refractivity contribution in [1.29, 1.82) is 0 Å². The van der Waals surface area contributed by atoms with Crippen molar-refractivity contribution in [2.24, 2.45) is 0 Å². The topological polar surface area (TPSA) is 30.7 Å². The molecule has 0 fully saturated rings. The number of hydrogen-bond donors (Lipinski definition) is 0. The van der Waals surface area contributed by atoms with Crippen molar-refractivity contribution in [3.05, 3.63) is 42.0 Å². The van der Waals surface area contributed by atoms with Gasteiger partial charge in [-0.1, -0.05) is 13.8 Å². The summed E-state index contributed by atoms with van der Waals surface area (Å²) in [5.74, 6) is 0.514. The Kier molecular flexibility index (Phi) is 2.54. The highest BCUT2D eigenvalue weighted by Gasteiger charge is 2.08. The van der Waals surface area contributed by atoms with Crippen LogP contribution in [0, 0.1) is 6.92 Å². The molecule has 0 spiro atoms. The largest absolute Gasteiger partial charge is 0.265 e. The number of aryl methyl sites for hydroxylation is 1. The maximum Gasteiger partial charge on any atom is 0.0676 e. The molecule has 0 unspecified atom stereocenters. The lowest BCUT2D eigenvalue weighted by Gasteiger charge is -2.00. The molecule has 2 aromatic rings. The van der Waals surface area contributed by atoms with E-state index in [1.165, 1.54) is 5.56 Å². The Balaban J connectivity index is 2.43. The summed E-state index contributed by atoms with van der Waals surface area (Å²) in [7, 11) is 0. The zero-order valence-electron chi connectivity index (χ0n) is 9.31. The van der Waals surface area contributed by atoms with Gasteiger partial charge in [0.15, 0.2) is 0 Å². The van der Waals surface area contributed by atoms with Gasteiger partial charge in [-0.3, -0.25) is 4.98 Å². The number of nitrogens with zero attached hydrogens (tertiary/aromatic N) is 3. The third kappa shape index (κ3) is 1.91.